The normalized spacial score (nSPS) is 10.7. The van der Waals surface area contributed by atoms with Gasteiger partial charge in [-0.05, 0) is 49.1 Å². The van der Waals surface area contributed by atoms with Crippen LogP contribution in [0, 0.1) is 19.8 Å². The molecule has 0 aliphatic rings. The number of pyridine rings is 1. The predicted molar refractivity (Wildman–Crippen MR) is 95.6 cm³/mol. The Morgan fingerprint density at radius 3 is 2.57 bits per heavy atom. The molecule has 0 saturated heterocycles. The van der Waals surface area contributed by atoms with Crippen LogP contribution in [-0.4, -0.2) is 17.4 Å². The highest BCUT2D eigenvalue weighted by molar-refractivity contribution is 6.33. The highest BCUT2D eigenvalue weighted by atomic mass is 35.5. The van der Waals surface area contributed by atoms with Gasteiger partial charge in [-0.2, -0.15) is 0 Å². The van der Waals surface area contributed by atoms with Gasteiger partial charge in [0.1, 0.15) is 5.69 Å². The van der Waals surface area contributed by atoms with Gasteiger partial charge in [0.05, 0.1) is 22.6 Å². The number of carbonyl (C=O) groups is 1. The van der Waals surface area contributed by atoms with E-state index in [4.69, 9.17) is 11.6 Å². The van der Waals surface area contributed by atoms with Gasteiger partial charge in [0.2, 0.25) is 0 Å². The average molecular weight is 332 g/mol. The molecule has 1 heterocycles. The summed E-state index contributed by atoms with van der Waals surface area (Å²) in [7, 11) is 0. The van der Waals surface area contributed by atoms with Crippen molar-refractivity contribution in [3.63, 3.8) is 0 Å². The van der Waals surface area contributed by atoms with E-state index in [-0.39, 0.29) is 5.91 Å². The first-order chi connectivity index (χ1) is 10.9. The summed E-state index contributed by atoms with van der Waals surface area (Å²) in [5.74, 6) is 0.251. The lowest BCUT2D eigenvalue weighted by Crippen LogP contribution is -2.27. The number of nitrogens with zero attached hydrogens (tertiary/aromatic N) is 1. The molecule has 23 heavy (non-hydrogen) atoms. The Labute approximate surface area is 142 Å². The highest BCUT2D eigenvalue weighted by Crippen LogP contribution is 2.30. The standard InChI is InChI=1S/C18H22ClN3O/c1-11(2)9-21-18(23)16-6-5-14(10-20-16)22-17-13(4)7-12(3)8-15(17)19/h5-8,10-11,22H,9H2,1-4H3,(H,21,23). The van der Waals surface area contributed by atoms with Crippen LogP contribution in [0.3, 0.4) is 0 Å². The molecule has 0 aliphatic heterocycles. The second-order valence-corrected chi connectivity index (χ2v) is 6.51. The van der Waals surface area contributed by atoms with Crippen LogP contribution in [0.4, 0.5) is 11.4 Å². The molecule has 4 nitrogen and oxygen atoms in total. The van der Waals surface area contributed by atoms with Crippen LogP contribution in [0.5, 0.6) is 0 Å². The van der Waals surface area contributed by atoms with Crippen molar-refractivity contribution in [1.29, 1.82) is 0 Å². The number of benzene rings is 1. The largest absolute Gasteiger partial charge is 0.353 e. The monoisotopic (exact) mass is 331 g/mol. The van der Waals surface area contributed by atoms with Crippen molar-refractivity contribution in [2.75, 3.05) is 11.9 Å². The van der Waals surface area contributed by atoms with E-state index >= 15 is 0 Å². The van der Waals surface area contributed by atoms with Crippen LogP contribution >= 0.6 is 11.6 Å². The molecular weight excluding hydrogens is 310 g/mol. The van der Waals surface area contributed by atoms with Gasteiger partial charge in [-0.15, -0.1) is 0 Å². The van der Waals surface area contributed by atoms with Gasteiger partial charge < -0.3 is 10.6 Å². The van der Waals surface area contributed by atoms with Gasteiger partial charge in [0, 0.05) is 6.54 Å². The van der Waals surface area contributed by atoms with Crippen LogP contribution in [0.2, 0.25) is 5.02 Å². The number of halogens is 1. The Balaban J connectivity index is 2.10. The van der Waals surface area contributed by atoms with Crippen LogP contribution in [0.25, 0.3) is 0 Å². The van der Waals surface area contributed by atoms with E-state index in [0.717, 1.165) is 22.5 Å². The fourth-order valence-electron chi connectivity index (χ4n) is 2.21. The summed E-state index contributed by atoms with van der Waals surface area (Å²) in [6.45, 7) is 8.75. The summed E-state index contributed by atoms with van der Waals surface area (Å²) in [5, 5.41) is 6.77. The Kier molecular flexibility index (Phi) is 5.61. The van der Waals surface area contributed by atoms with Crippen LogP contribution in [0.15, 0.2) is 30.5 Å². The van der Waals surface area contributed by atoms with Crippen LogP contribution in [-0.2, 0) is 0 Å². The second-order valence-electron chi connectivity index (χ2n) is 6.10. The van der Waals surface area contributed by atoms with Crippen LogP contribution < -0.4 is 10.6 Å². The lowest BCUT2D eigenvalue weighted by atomic mass is 10.1. The fraction of sp³-hybridized carbons (Fsp3) is 0.333. The molecule has 0 fully saturated rings. The Morgan fingerprint density at radius 1 is 1.26 bits per heavy atom. The van der Waals surface area contributed by atoms with Crippen molar-refractivity contribution in [3.8, 4) is 0 Å². The molecule has 0 radical (unpaired) electrons. The van der Waals surface area contributed by atoms with E-state index in [0.29, 0.717) is 23.2 Å². The summed E-state index contributed by atoms with van der Waals surface area (Å²) < 4.78 is 0. The minimum absolute atomic E-state index is 0.158. The minimum atomic E-state index is -0.158. The smallest absolute Gasteiger partial charge is 0.269 e. The molecule has 0 spiro atoms. The quantitative estimate of drug-likeness (QED) is 0.849. The molecule has 2 rings (SSSR count). The molecule has 1 aromatic heterocycles. The van der Waals surface area contributed by atoms with Gasteiger partial charge in [-0.1, -0.05) is 31.5 Å². The van der Waals surface area contributed by atoms with Crippen molar-refractivity contribution < 1.29 is 4.79 Å². The molecule has 5 heteroatoms. The molecule has 0 unspecified atom stereocenters. The number of anilines is 2. The molecule has 2 aromatic rings. The lowest BCUT2D eigenvalue weighted by molar-refractivity contribution is 0.0944. The first-order valence-corrected chi connectivity index (χ1v) is 8.02. The number of amides is 1. The SMILES string of the molecule is Cc1cc(C)c(Nc2ccc(C(=O)NCC(C)C)nc2)c(Cl)c1. The molecular formula is C18H22ClN3O. The summed E-state index contributed by atoms with van der Waals surface area (Å²) in [5.41, 5.74) is 4.24. The minimum Gasteiger partial charge on any atom is -0.353 e. The Bertz CT molecular complexity index is 673. The number of hydrogen-bond acceptors (Lipinski definition) is 3. The zero-order valence-electron chi connectivity index (χ0n) is 13.9. The molecule has 122 valence electrons. The van der Waals surface area contributed by atoms with E-state index in [9.17, 15) is 4.79 Å². The fourth-order valence-corrected chi connectivity index (χ4v) is 2.58. The molecule has 1 amide bonds. The maximum absolute atomic E-state index is 11.9. The van der Waals surface area contributed by atoms with E-state index in [1.54, 1.807) is 12.3 Å². The van der Waals surface area contributed by atoms with E-state index in [1.807, 2.05) is 39.8 Å². The van der Waals surface area contributed by atoms with Crippen molar-refractivity contribution in [1.82, 2.24) is 10.3 Å². The average Bonchev–Trinajstić information content (AvgIpc) is 2.49. The van der Waals surface area contributed by atoms with Gasteiger partial charge in [-0.25, -0.2) is 4.98 Å². The summed E-state index contributed by atoms with van der Waals surface area (Å²) in [6.07, 6.45) is 1.64. The van der Waals surface area contributed by atoms with Crippen molar-refractivity contribution in [3.05, 3.63) is 52.3 Å². The first kappa shape index (κ1) is 17.3. The summed E-state index contributed by atoms with van der Waals surface area (Å²) in [4.78, 5) is 16.2. The highest BCUT2D eigenvalue weighted by Gasteiger charge is 2.09. The number of rotatable bonds is 5. The maximum Gasteiger partial charge on any atom is 0.269 e. The van der Waals surface area contributed by atoms with E-state index < -0.39 is 0 Å². The third kappa shape index (κ3) is 4.70. The zero-order chi connectivity index (χ0) is 17.0. The third-order valence-corrected chi connectivity index (χ3v) is 3.67. The van der Waals surface area contributed by atoms with E-state index in [2.05, 4.69) is 21.7 Å². The Morgan fingerprint density at radius 2 is 2.00 bits per heavy atom. The molecule has 0 atom stereocenters. The topological polar surface area (TPSA) is 54.0 Å². The third-order valence-electron chi connectivity index (χ3n) is 3.37. The number of carbonyl (C=O) groups excluding carboxylic acids is 1. The number of aromatic nitrogens is 1. The summed E-state index contributed by atoms with van der Waals surface area (Å²) in [6, 6.07) is 7.51. The van der Waals surface area contributed by atoms with Gasteiger partial charge in [0.15, 0.2) is 0 Å². The van der Waals surface area contributed by atoms with Crippen molar-refractivity contribution in [2.45, 2.75) is 27.7 Å². The van der Waals surface area contributed by atoms with Gasteiger partial charge in [0.25, 0.3) is 5.91 Å². The Hall–Kier alpha value is -2.07. The van der Waals surface area contributed by atoms with Gasteiger partial charge >= 0.3 is 0 Å². The molecule has 1 aromatic carbocycles. The lowest BCUT2D eigenvalue weighted by Gasteiger charge is -2.13. The first-order valence-electron chi connectivity index (χ1n) is 7.65. The number of hydrogen-bond donors (Lipinski definition) is 2. The number of nitrogens with one attached hydrogen (secondary N) is 2. The van der Waals surface area contributed by atoms with Crippen molar-refractivity contribution >= 4 is 28.9 Å². The van der Waals surface area contributed by atoms with Gasteiger partial charge in [-0.3, -0.25) is 4.79 Å². The predicted octanol–water partition coefficient (Wildman–Crippen LogP) is 4.48. The summed E-state index contributed by atoms with van der Waals surface area (Å²) >= 11 is 6.29. The number of aryl methyl sites for hydroxylation is 2. The molecule has 0 aliphatic carbocycles. The molecule has 0 saturated carbocycles. The zero-order valence-corrected chi connectivity index (χ0v) is 14.7. The van der Waals surface area contributed by atoms with Crippen molar-refractivity contribution in [2.24, 2.45) is 5.92 Å². The second kappa shape index (κ2) is 7.47. The van der Waals surface area contributed by atoms with E-state index in [1.165, 1.54) is 0 Å². The molecule has 0 bridgehead atoms. The van der Waals surface area contributed by atoms with Crippen LogP contribution in [0.1, 0.15) is 35.5 Å². The maximum atomic E-state index is 11.9. The molecule has 2 N–H and O–H groups in total.